The minimum atomic E-state index is 0.0198. The van der Waals surface area contributed by atoms with E-state index in [0.717, 1.165) is 19.3 Å². The van der Waals surface area contributed by atoms with E-state index in [4.69, 9.17) is 4.74 Å². The molecule has 1 saturated carbocycles. The highest BCUT2D eigenvalue weighted by molar-refractivity contribution is 5.74. The van der Waals surface area contributed by atoms with Crippen LogP contribution in [-0.2, 0) is 21.4 Å². The number of rotatable bonds is 3. The molecule has 5 unspecified atom stereocenters. The zero-order valence-corrected chi connectivity index (χ0v) is 14.4. The van der Waals surface area contributed by atoms with Crippen molar-refractivity contribution in [3.8, 4) is 0 Å². The van der Waals surface area contributed by atoms with Crippen molar-refractivity contribution in [2.75, 3.05) is 13.7 Å². The SMILES string of the molecule is CCOC(=O)C1CC2C3Cc4ccccc4C2(CC)CC1N3C. The first-order chi connectivity index (χ1) is 11.1. The average Bonchev–Trinajstić information content (AvgIpc) is 2.58. The molecule has 1 aromatic carbocycles. The van der Waals surface area contributed by atoms with Gasteiger partial charge in [-0.1, -0.05) is 31.2 Å². The molecule has 4 aliphatic rings. The molecule has 124 valence electrons. The number of carbonyl (C=O) groups excluding carboxylic acids is 1. The molecule has 2 saturated heterocycles. The van der Waals surface area contributed by atoms with E-state index >= 15 is 0 Å². The quantitative estimate of drug-likeness (QED) is 0.803. The lowest BCUT2D eigenvalue weighted by Gasteiger charge is -2.64. The normalized spacial score (nSPS) is 38.2. The topological polar surface area (TPSA) is 29.5 Å². The first-order valence-corrected chi connectivity index (χ1v) is 9.09. The predicted molar refractivity (Wildman–Crippen MR) is 90.3 cm³/mol. The smallest absolute Gasteiger partial charge is 0.310 e. The summed E-state index contributed by atoms with van der Waals surface area (Å²) in [4.78, 5) is 14.9. The molecule has 0 radical (unpaired) electrons. The zero-order chi connectivity index (χ0) is 16.2. The van der Waals surface area contributed by atoms with Gasteiger partial charge in [0.05, 0.1) is 12.5 Å². The zero-order valence-electron chi connectivity index (χ0n) is 14.4. The van der Waals surface area contributed by atoms with Gasteiger partial charge in [-0.05, 0) is 56.7 Å². The van der Waals surface area contributed by atoms with Gasteiger partial charge in [-0.3, -0.25) is 9.69 Å². The highest BCUT2D eigenvalue weighted by atomic mass is 16.5. The number of nitrogens with zero attached hydrogens (tertiary/aromatic N) is 1. The van der Waals surface area contributed by atoms with E-state index in [2.05, 4.69) is 43.1 Å². The van der Waals surface area contributed by atoms with Gasteiger partial charge in [-0.15, -0.1) is 0 Å². The van der Waals surface area contributed by atoms with E-state index in [0.29, 0.717) is 24.6 Å². The predicted octanol–water partition coefficient (Wildman–Crippen LogP) is 3.16. The molecule has 2 aliphatic heterocycles. The number of hydrogen-bond donors (Lipinski definition) is 0. The molecule has 0 N–H and O–H groups in total. The van der Waals surface area contributed by atoms with Gasteiger partial charge in [0, 0.05) is 17.5 Å². The Kier molecular flexibility index (Phi) is 3.53. The summed E-state index contributed by atoms with van der Waals surface area (Å²) in [5.74, 6) is 0.657. The van der Waals surface area contributed by atoms with Crippen molar-refractivity contribution in [3.63, 3.8) is 0 Å². The summed E-state index contributed by atoms with van der Waals surface area (Å²) < 4.78 is 5.37. The maximum atomic E-state index is 12.4. The number of hydrogen-bond acceptors (Lipinski definition) is 3. The molecule has 23 heavy (non-hydrogen) atoms. The van der Waals surface area contributed by atoms with Crippen molar-refractivity contribution >= 4 is 5.97 Å². The Morgan fingerprint density at radius 3 is 2.83 bits per heavy atom. The minimum absolute atomic E-state index is 0.0198. The Balaban J connectivity index is 1.76. The monoisotopic (exact) mass is 313 g/mol. The second-order valence-corrected chi connectivity index (χ2v) is 7.58. The van der Waals surface area contributed by atoms with Crippen LogP contribution in [0.3, 0.4) is 0 Å². The molecule has 1 aromatic rings. The summed E-state index contributed by atoms with van der Waals surface area (Å²) in [5, 5.41) is 0. The number of likely N-dealkylation sites (N-methyl/N-ethyl adjacent to an activating group) is 1. The fraction of sp³-hybridized carbons (Fsp3) is 0.650. The number of carbonyl (C=O) groups is 1. The third-order valence-electron chi connectivity index (χ3n) is 6.97. The molecule has 3 fully saturated rings. The standard InChI is InChI=1S/C20H27NO2/c1-4-20-12-18-14(19(22)23-5-2)11-16(20)17(21(18)3)10-13-8-6-7-9-15(13)20/h6-9,14,16-18H,4-5,10-12H2,1-3H3. The lowest BCUT2D eigenvalue weighted by atomic mass is 9.48. The van der Waals surface area contributed by atoms with E-state index in [9.17, 15) is 4.79 Å². The molecule has 4 bridgehead atoms. The Labute approximate surface area is 139 Å². The molecular weight excluding hydrogens is 286 g/mol. The largest absolute Gasteiger partial charge is 0.466 e. The molecule has 3 nitrogen and oxygen atoms in total. The third-order valence-corrected chi connectivity index (χ3v) is 6.97. The number of fused-ring (bicyclic) bond motifs is 2. The van der Waals surface area contributed by atoms with E-state index in [1.165, 1.54) is 12.0 Å². The van der Waals surface area contributed by atoms with Crippen LogP contribution in [0.15, 0.2) is 24.3 Å². The Hall–Kier alpha value is -1.35. The van der Waals surface area contributed by atoms with E-state index in [-0.39, 0.29) is 17.3 Å². The van der Waals surface area contributed by atoms with Crippen molar-refractivity contribution in [2.24, 2.45) is 11.8 Å². The number of benzene rings is 1. The Bertz CT molecular complexity index is 628. The molecule has 5 atom stereocenters. The maximum Gasteiger partial charge on any atom is 0.310 e. The summed E-state index contributed by atoms with van der Waals surface area (Å²) in [6.07, 6.45) is 4.40. The van der Waals surface area contributed by atoms with Crippen LogP contribution in [0.2, 0.25) is 0 Å². The Morgan fingerprint density at radius 2 is 2.09 bits per heavy atom. The fourth-order valence-corrected chi connectivity index (χ4v) is 5.91. The molecule has 5 rings (SSSR count). The van der Waals surface area contributed by atoms with Crippen LogP contribution in [0, 0.1) is 11.8 Å². The third kappa shape index (κ3) is 1.95. The van der Waals surface area contributed by atoms with Gasteiger partial charge in [0.25, 0.3) is 0 Å². The van der Waals surface area contributed by atoms with E-state index < -0.39 is 0 Å². The van der Waals surface area contributed by atoms with Gasteiger partial charge in [-0.2, -0.15) is 0 Å². The number of esters is 1. The fourth-order valence-electron chi connectivity index (χ4n) is 5.91. The number of ether oxygens (including phenoxy) is 1. The van der Waals surface area contributed by atoms with Crippen LogP contribution in [0.4, 0.5) is 0 Å². The summed E-state index contributed by atoms with van der Waals surface area (Å²) >= 11 is 0. The molecule has 2 heterocycles. The lowest BCUT2D eigenvalue weighted by Crippen LogP contribution is -2.69. The van der Waals surface area contributed by atoms with Gasteiger partial charge in [0.2, 0.25) is 0 Å². The number of piperidine rings is 2. The minimum Gasteiger partial charge on any atom is -0.466 e. The molecule has 0 amide bonds. The highest BCUT2D eigenvalue weighted by Gasteiger charge is 2.61. The van der Waals surface area contributed by atoms with Crippen LogP contribution in [0.5, 0.6) is 0 Å². The second kappa shape index (κ2) is 5.34. The second-order valence-electron chi connectivity index (χ2n) is 7.58. The van der Waals surface area contributed by atoms with Crippen LogP contribution in [0.1, 0.15) is 44.2 Å². The molecule has 3 heteroatoms. The van der Waals surface area contributed by atoms with Crippen LogP contribution >= 0.6 is 0 Å². The molecule has 2 aliphatic carbocycles. The summed E-state index contributed by atoms with van der Waals surface area (Å²) in [6.45, 7) is 4.72. The van der Waals surface area contributed by atoms with Crippen molar-refractivity contribution in [2.45, 2.75) is 57.0 Å². The van der Waals surface area contributed by atoms with Crippen molar-refractivity contribution in [3.05, 3.63) is 35.4 Å². The lowest BCUT2D eigenvalue weighted by molar-refractivity contribution is -0.165. The summed E-state index contributed by atoms with van der Waals surface area (Å²) in [5.41, 5.74) is 3.35. The van der Waals surface area contributed by atoms with E-state index in [1.807, 2.05) is 6.92 Å². The Morgan fingerprint density at radius 1 is 1.30 bits per heavy atom. The highest BCUT2D eigenvalue weighted by Crippen LogP contribution is 2.59. The van der Waals surface area contributed by atoms with Gasteiger partial charge in [-0.25, -0.2) is 0 Å². The molecular formula is C20H27NO2. The molecule has 0 aromatic heterocycles. The van der Waals surface area contributed by atoms with Gasteiger partial charge in [0.1, 0.15) is 0 Å². The van der Waals surface area contributed by atoms with Crippen molar-refractivity contribution in [1.82, 2.24) is 4.90 Å². The summed E-state index contributed by atoms with van der Waals surface area (Å²) in [7, 11) is 2.22. The van der Waals surface area contributed by atoms with Gasteiger partial charge >= 0.3 is 5.97 Å². The molecule has 0 spiro atoms. The van der Waals surface area contributed by atoms with Gasteiger partial charge < -0.3 is 4.74 Å². The van der Waals surface area contributed by atoms with Crippen LogP contribution in [0.25, 0.3) is 0 Å². The summed E-state index contributed by atoms with van der Waals surface area (Å²) in [6, 6.07) is 9.91. The first-order valence-electron chi connectivity index (χ1n) is 9.09. The maximum absolute atomic E-state index is 12.4. The van der Waals surface area contributed by atoms with Crippen molar-refractivity contribution in [1.29, 1.82) is 0 Å². The van der Waals surface area contributed by atoms with E-state index in [1.54, 1.807) is 5.56 Å². The first kappa shape index (κ1) is 15.2. The van der Waals surface area contributed by atoms with Gasteiger partial charge in [0.15, 0.2) is 0 Å². The average molecular weight is 313 g/mol. The van der Waals surface area contributed by atoms with Crippen LogP contribution < -0.4 is 0 Å². The van der Waals surface area contributed by atoms with Crippen LogP contribution in [-0.4, -0.2) is 36.6 Å². The van der Waals surface area contributed by atoms with Crippen molar-refractivity contribution < 1.29 is 9.53 Å².